The van der Waals surface area contributed by atoms with Gasteiger partial charge in [0.2, 0.25) is 0 Å². The minimum atomic E-state index is -0.652. The lowest BCUT2D eigenvalue weighted by atomic mass is 9.83. The molecule has 0 spiro atoms. The normalized spacial score (nSPS) is 14.8. The number of fused-ring (bicyclic) bond motifs is 1. The average Bonchev–Trinajstić information content (AvgIpc) is 3.20. The number of nitrogens with two attached hydrogens (primary N) is 1. The van der Waals surface area contributed by atoms with Crippen molar-refractivity contribution in [3.05, 3.63) is 51.9 Å². The molecule has 30 heavy (non-hydrogen) atoms. The molecule has 3 aromatic rings. The Balaban J connectivity index is 1.80. The summed E-state index contributed by atoms with van der Waals surface area (Å²) in [7, 11) is 0. The molecule has 0 unspecified atom stereocenters. The molecule has 1 fully saturated rings. The quantitative estimate of drug-likeness (QED) is 0.577. The Morgan fingerprint density at radius 1 is 1.23 bits per heavy atom. The molecule has 2 aromatic heterocycles. The summed E-state index contributed by atoms with van der Waals surface area (Å²) in [5, 5.41) is 4.14. The van der Waals surface area contributed by atoms with Crippen LogP contribution in [-0.4, -0.2) is 27.1 Å². The number of carbonyl (C=O) groups excluding carboxylic acids is 1. The summed E-state index contributed by atoms with van der Waals surface area (Å²) in [5.74, 6) is 0.333. The summed E-state index contributed by atoms with van der Waals surface area (Å²) in [4.78, 5) is 28.3. The summed E-state index contributed by atoms with van der Waals surface area (Å²) in [6.07, 6.45) is 7.47. The van der Waals surface area contributed by atoms with Crippen molar-refractivity contribution in [3.8, 4) is 17.0 Å². The van der Waals surface area contributed by atoms with E-state index in [0.29, 0.717) is 12.3 Å². The molecule has 1 saturated carbocycles. The maximum atomic E-state index is 13.4. The van der Waals surface area contributed by atoms with Crippen LogP contribution >= 0.6 is 0 Å². The summed E-state index contributed by atoms with van der Waals surface area (Å²) in [5.41, 5.74) is 8.18. The van der Waals surface area contributed by atoms with Gasteiger partial charge in [0.05, 0.1) is 12.3 Å². The lowest BCUT2D eigenvalue weighted by molar-refractivity contribution is 0.0995. The molecule has 2 heterocycles. The number of aromatic nitrogens is 3. The van der Waals surface area contributed by atoms with Crippen LogP contribution in [0.4, 0.5) is 0 Å². The number of nitrogens with one attached hydrogen (secondary N) is 1. The molecule has 0 bridgehead atoms. The molecular formula is C23H28N4O3. The zero-order valence-electron chi connectivity index (χ0n) is 17.3. The Kier molecular flexibility index (Phi) is 5.88. The number of amides is 1. The zero-order chi connectivity index (χ0) is 21.1. The molecule has 0 atom stereocenters. The number of rotatable bonds is 7. The van der Waals surface area contributed by atoms with Crippen LogP contribution in [0.3, 0.4) is 0 Å². The number of nitrogens with zero attached hydrogens (tertiary/aromatic N) is 2. The molecular weight excluding hydrogens is 380 g/mol. The van der Waals surface area contributed by atoms with Gasteiger partial charge in [-0.3, -0.25) is 9.59 Å². The number of unbranched alkanes of at least 4 members (excludes halogenated alkanes) is 1. The van der Waals surface area contributed by atoms with Gasteiger partial charge in [-0.05, 0) is 55.0 Å². The Morgan fingerprint density at radius 3 is 2.63 bits per heavy atom. The second kappa shape index (κ2) is 8.73. The number of aromatic amines is 1. The van der Waals surface area contributed by atoms with Crippen LogP contribution in [-0.2, 0) is 0 Å². The standard InChI is InChI=1S/C23H28N4O3/c1-2-3-13-30-17-11-9-16(10-12-17)21-20(15-7-5-4-6-8-15)23(29)27-19(25-21)14-18(26-27)22(24)28/h9-12,14-15,25H,2-8,13H2,1H3,(H2,24,28). The smallest absolute Gasteiger partial charge is 0.278 e. The molecule has 1 aliphatic carbocycles. The van der Waals surface area contributed by atoms with Crippen molar-refractivity contribution < 1.29 is 9.53 Å². The van der Waals surface area contributed by atoms with Crippen molar-refractivity contribution in [1.82, 2.24) is 14.6 Å². The van der Waals surface area contributed by atoms with Gasteiger partial charge in [-0.25, -0.2) is 0 Å². The summed E-state index contributed by atoms with van der Waals surface area (Å²) in [6.45, 7) is 2.82. The summed E-state index contributed by atoms with van der Waals surface area (Å²) in [6, 6.07) is 9.34. The SMILES string of the molecule is CCCCOc1ccc(-c2[nH]c3cc(C(N)=O)nn3c(=O)c2C2CCCCC2)cc1. The maximum absolute atomic E-state index is 13.4. The molecule has 7 nitrogen and oxygen atoms in total. The van der Waals surface area contributed by atoms with E-state index in [1.54, 1.807) is 0 Å². The first kappa shape index (κ1) is 20.2. The molecule has 0 aliphatic heterocycles. The fraction of sp³-hybridized carbons (Fsp3) is 0.435. The van der Waals surface area contributed by atoms with Crippen molar-refractivity contribution in [2.75, 3.05) is 6.61 Å². The number of carbonyl (C=O) groups is 1. The highest BCUT2D eigenvalue weighted by Gasteiger charge is 2.25. The second-order valence-corrected chi connectivity index (χ2v) is 7.97. The Hall–Kier alpha value is -3.09. The van der Waals surface area contributed by atoms with E-state index in [0.717, 1.165) is 61.1 Å². The first-order chi connectivity index (χ1) is 14.6. The van der Waals surface area contributed by atoms with E-state index >= 15 is 0 Å². The molecule has 3 N–H and O–H groups in total. The second-order valence-electron chi connectivity index (χ2n) is 7.97. The Morgan fingerprint density at radius 2 is 1.97 bits per heavy atom. The van der Waals surface area contributed by atoms with Gasteiger partial charge in [0.25, 0.3) is 11.5 Å². The van der Waals surface area contributed by atoms with Gasteiger partial charge >= 0.3 is 0 Å². The third-order valence-electron chi connectivity index (χ3n) is 5.83. The van der Waals surface area contributed by atoms with Crippen LogP contribution in [0.5, 0.6) is 5.75 Å². The summed E-state index contributed by atoms with van der Waals surface area (Å²) < 4.78 is 7.04. The lowest BCUT2D eigenvalue weighted by Crippen LogP contribution is -2.25. The highest BCUT2D eigenvalue weighted by Crippen LogP contribution is 2.36. The number of benzene rings is 1. The minimum Gasteiger partial charge on any atom is -0.494 e. The Bertz CT molecular complexity index is 1090. The van der Waals surface area contributed by atoms with Crippen molar-refractivity contribution in [2.45, 2.75) is 57.8 Å². The summed E-state index contributed by atoms with van der Waals surface area (Å²) >= 11 is 0. The third kappa shape index (κ3) is 3.97. The number of hydrogen-bond donors (Lipinski definition) is 2. The van der Waals surface area contributed by atoms with E-state index in [2.05, 4.69) is 17.0 Å². The fourth-order valence-electron chi connectivity index (χ4n) is 4.21. The van der Waals surface area contributed by atoms with Crippen LogP contribution in [0.1, 0.15) is 73.8 Å². The van der Waals surface area contributed by atoms with Crippen LogP contribution < -0.4 is 16.0 Å². The highest BCUT2D eigenvalue weighted by molar-refractivity contribution is 5.91. The van der Waals surface area contributed by atoms with Gasteiger partial charge in [-0.2, -0.15) is 9.61 Å². The van der Waals surface area contributed by atoms with Crippen LogP contribution in [0.15, 0.2) is 35.1 Å². The van der Waals surface area contributed by atoms with Gasteiger partial charge in [0.1, 0.15) is 11.4 Å². The fourth-order valence-corrected chi connectivity index (χ4v) is 4.21. The Labute approximate surface area is 175 Å². The molecule has 0 saturated heterocycles. The molecule has 1 aliphatic rings. The van der Waals surface area contributed by atoms with Crippen LogP contribution in [0.2, 0.25) is 0 Å². The van der Waals surface area contributed by atoms with Gasteiger partial charge < -0.3 is 15.5 Å². The predicted molar refractivity (Wildman–Crippen MR) is 116 cm³/mol. The van der Waals surface area contributed by atoms with E-state index in [9.17, 15) is 9.59 Å². The van der Waals surface area contributed by atoms with Crippen molar-refractivity contribution in [2.24, 2.45) is 5.73 Å². The predicted octanol–water partition coefficient (Wildman–Crippen LogP) is 4.02. The third-order valence-corrected chi connectivity index (χ3v) is 5.83. The zero-order valence-corrected chi connectivity index (χ0v) is 17.3. The van der Waals surface area contributed by atoms with E-state index in [1.807, 2.05) is 24.3 Å². The van der Waals surface area contributed by atoms with Crippen molar-refractivity contribution >= 4 is 11.6 Å². The molecule has 1 aromatic carbocycles. The molecule has 7 heteroatoms. The lowest BCUT2D eigenvalue weighted by Gasteiger charge is -2.23. The van der Waals surface area contributed by atoms with Crippen LogP contribution in [0.25, 0.3) is 16.9 Å². The number of primary amides is 1. The molecule has 4 rings (SSSR count). The first-order valence-electron chi connectivity index (χ1n) is 10.8. The number of ether oxygens (including phenoxy) is 1. The average molecular weight is 409 g/mol. The van der Waals surface area contributed by atoms with Crippen LogP contribution in [0, 0.1) is 0 Å². The van der Waals surface area contributed by atoms with Gasteiger partial charge in [0, 0.05) is 11.6 Å². The monoisotopic (exact) mass is 408 g/mol. The molecule has 0 radical (unpaired) electrons. The van der Waals surface area contributed by atoms with E-state index in [4.69, 9.17) is 10.5 Å². The van der Waals surface area contributed by atoms with E-state index < -0.39 is 5.91 Å². The minimum absolute atomic E-state index is 0.0785. The van der Waals surface area contributed by atoms with E-state index in [1.165, 1.54) is 17.0 Å². The van der Waals surface area contributed by atoms with Crippen molar-refractivity contribution in [3.63, 3.8) is 0 Å². The van der Waals surface area contributed by atoms with E-state index in [-0.39, 0.29) is 17.2 Å². The highest BCUT2D eigenvalue weighted by atomic mass is 16.5. The maximum Gasteiger partial charge on any atom is 0.278 e. The first-order valence-corrected chi connectivity index (χ1v) is 10.8. The topological polar surface area (TPSA) is 102 Å². The molecule has 1 amide bonds. The number of H-pyrrole nitrogens is 1. The van der Waals surface area contributed by atoms with Crippen molar-refractivity contribution in [1.29, 1.82) is 0 Å². The largest absolute Gasteiger partial charge is 0.494 e. The number of hydrogen-bond acceptors (Lipinski definition) is 4. The van der Waals surface area contributed by atoms with Gasteiger partial charge in [-0.1, -0.05) is 32.6 Å². The van der Waals surface area contributed by atoms with Gasteiger partial charge in [0.15, 0.2) is 5.69 Å². The van der Waals surface area contributed by atoms with Gasteiger partial charge in [-0.15, -0.1) is 0 Å². The molecule has 158 valence electrons.